The highest BCUT2D eigenvalue weighted by Gasteiger charge is 2.23. The maximum absolute atomic E-state index is 12.7. The van der Waals surface area contributed by atoms with Gasteiger partial charge in [-0.15, -0.1) is 0 Å². The lowest BCUT2D eigenvalue weighted by atomic mass is 10.00. The van der Waals surface area contributed by atoms with Gasteiger partial charge in [0.05, 0.1) is 6.26 Å². The second-order valence-corrected chi connectivity index (χ2v) is 9.15. The fraction of sp³-hybridized carbons (Fsp3) is 0.381. The Kier molecular flexibility index (Phi) is 5.97. The summed E-state index contributed by atoms with van der Waals surface area (Å²) in [6.45, 7) is 3.75. The number of amides is 1. The summed E-state index contributed by atoms with van der Waals surface area (Å²) in [5.41, 5.74) is 4.49. The standard InChI is InChI=1S/C21H26N2O3S/c1-17-6-5-7-18(14-17)15-23(27(2,25)26)13-11-21(24)22-12-10-19-8-3-4-9-20(19)16-22/h3-9,14H,10-13,15-16H2,1-2H3. The number of carbonyl (C=O) groups excluding carboxylic acids is 1. The molecule has 0 saturated carbocycles. The molecule has 0 radical (unpaired) electrons. The molecule has 2 aromatic rings. The van der Waals surface area contributed by atoms with Crippen molar-refractivity contribution in [1.82, 2.24) is 9.21 Å². The van der Waals surface area contributed by atoms with Gasteiger partial charge in [-0.05, 0) is 30.0 Å². The van der Waals surface area contributed by atoms with Crippen LogP contribution in [0.25, 0.3) is 0 Å². The van der Waals surface area contributed by atoms with Crippen LogP contribution in [-0.4, -0.2) is 42.9 Å². The van der Waals surface area contributed by atoms with Crippen molar-refractivity contribution in [1.29, 1.82) is 0 Å². The Balaban J connectivity index is 1.63. The van der Waals surface area contributed by atoms with Gasteiger partial charge in [0.25, 0.3) is 0 Å². The molecule has 1 heterocycles. The fourth-order valence-corrected chi connectivity index (χ4v) is 4.27. The molecule has 0 unspecified atom stereocenters. The lowest BCUT2D eigenvalue weighted by molar-refractivity contribution is -0.132. The van der Waals surface area contributed by atoms with E-state index in [-0.39, 0.29) is 25.4 Å². The number of rotatable bonds is 6. The zero-order chi connectivity index (χ0) is 19.4. The summed E-state index contributed by atoms with van der Waals surface area (Å²) < 4.78 is 25.7. The Labute approximate surface area is 161 Å². The molecule has 144 valence electrons. The van der Waals surface area contributed by atoms with Crippen molar-refractivity contribution in [3.8, 4) is 0 Å². The first-order valence-electron chi connectivity index (χ1n) is 9.18. The summed E-state index contributed by atoms with van der Waals surface area (Å²) in [7, 11) is -3.39. The van der Waals surface area contributed by atoms with E-state index < -0.39 is 10.0 Å². The maximum atomic E-state index is 12.7. The Morgan fingerprint density at radius 1 is 1.11 bits per heavy atom. The van der Waals surface area contributed by atoms with Gasteiger partial charge in [0.2, 0.25) is 15.9 Å². The van der Waals surface area contributed by atoms with Crippen molar-refractivity contribution >= 4 is 15.9 Å². The number of fused-ring (bicyclic) bond motifs is 1. The summed E-state index contributed by atoms with van der Waals surface area (Å²) in [4.78, 5) is 14.5. The molecule has 3 rings (SSSR count). The largest absolute Gasteiger partial charge is 0.338 e. The number of hydrogen-bond donors (Lipinski definition) is 0. The molecule has 0 aliphatic carbocycles. The molecule has 1 amide bonds. The van der Waals surface area contributed by atoms with E-state index in [9.17, 15) is 13.2 Å². The number of aryl methyl sites for hydroxylation is 1. The zero-order valence-corrected chi connectivity index (χ0v) is 16.7. The van der Waals surface area contributed by atoms with E-state index in [4.69, 9.17) is 0 Å². The highest BCUT2D eigenvalue weighted by molar-refractivity contribution is 7.88. The molecule has 0 saturated heterocycles. The van der Waals surface area contributed by atoms with Gasteiger partial charge in [0, 0.05) is 32.6 Å². The molecule has 5 nitrogen and oxygen atoms in total. The van der Waals surface area contributed by atoms with Crippen molar-refractivity contribution in [3.05, 3.63) is 70.8 Å². The molecule has 0 aromatic heterocycles. The third kappa shape index (κ3) is 5.17. The molecule has 2 aromatic carbocycles. The first kappa shape index (κ1) is 19.6. The van der Waals surface area contributed by atoms with Crippen molar-refractivity contribution in [2.24, 2.45) is 0 Å². The Hall–Kier alpha value is -2.18. The summed E-state index contributed by atoms with van der Waals surface area (Å²) >= 11 is 0. The smallest absolute Gasteiger partial charge is 0.224 e. The first-order chi connectivity index (χ1) is 12.8. The van der Waals surface area contributed by atoms with E-state index in [2.05, 4.69) is 12.1 Å². The molecule has 6 heteroatoms. The predicted molar refractivity (Wildman–Crippen MR) is 107 cm³/mol. The molecular formula is C21H26N2O3S. The quantitative estimate of drug-likeness (QED) is 0.767. The van der Waals surface area contributed by atoms with Gasteiger partial charge >= 0.3 is 0 Å². The second-order valence-electron chi connectivity index (χ2n) is 7.17. The van der Waals surface area contributed by atoms with Crippen LogP contribution < -0.4 is 0 Å². The van der Waals surface area contributed by atoms with Crippen molar-refractivity contribution < 1.29 is 13.2 Å². The van der Waals surface area contributed by atoms with Crippen LogP contribution in [0.15, 0.2) is 48.5 Å². The third-order valence-electron chi connectivity index (χ3n) is 4.97. The Morgan fingerprint density at radius 3 is 2.56 bits per heavy atom. The molecule has 1 aliphatic rings. The van der Waals surface area contributed by atoms with E-state index in [0.29, 0.717) is 13.1 Å². The normalized spacial score (nSPS) is 14.3. The van der Waals surface area contributed by atoms with E-state index in [1.807, 2.05) is 48.2 Å². The number of sulfonamides is 1. The van der Waals surface area contributed by atoms with Crippen molar-refractivity contribution in [2.75, 3.05) is 19.3 Å². The van der Waals surface area contributed by atoms with E-state index in [0.717, 1.165) is 17.5 Å². The average Bonchev–Trinajstić information content (AvgIpc) is 2.63. The zero-order valence-electron chi connectivity index (χ0n) is 15.9. The summed E-state index contributed by atoms with van der Waals surface area (Å²) in [6, 6.07) is 15.9. The minimum Gasteiger partial charge on any atom is -0.338 e. The van der Waals surface area contributed by atoms with E-state index in [1.54, 1.807) is 0 Å². The van der Waals surface area contributed by atoms with Gasteiger partial charge in [-0.2, -0.15) is 4.31 Å². The van der Waals surface area contributed by atoms with Crippen molar-refractivity contribution in [2.45, 2.75) is 32.9 Å². The minimum atomic E-state index is -3.39. The van der Waals surface area contributed by atoms with Gasteiger partial charge in [0.1, 0.15) is 0 Å². The van der Waals surface area contributed by atoms with Gasteiger partial charge in [0.15, 0.2) is 0 Å². The molecule has 0 atom stereocenters. The molecule has 0 N–H and O–H groups in total. The van der Waals surface area contributed by atoms with Crippen LogP contribution in [0.2, 0.25) is 0 Å². The molecule has 0 spiro atoms. The Bertz CT molecular complexity index is 925. The Morgan fingerprint density at radius 2 is 1.85 bits per heavy atom. The maximum Gasteiger partial charge on any atom is 0.224 e. The van der Waals surface area contributed by atoms with Crippen LogP contribution in [0.4, 0.5) is 0 Å². The van der Waals surface area contributed by atoms with Gasteiger partial charge in [-0.25, -0.2) is 8.42 Å². The van der Waals surface area contributed by atoms with Crippen LogP contribution in [0, 0.1) is 6.92 Å². The van der Waals surface area contributed by atoms with Gasteiger partial charge in [-0.3, -0.25) is 4.79 Å². The third-order valence-corrected chi connectivity index (χ3v) is 6.22. The van der Waals surface area contributed by atoms with Crippen molar-refractivity contribution in [3.63, 3.8) is 0 Å². The molecule has 0 bridgehead atoms. The lowest BCUT2D eigenvalue weighted by Gasteiger charge is -2.29. The summed E-state index contributed by atoms with van der Waals surface area (Å²) in [5, 5.41) is 0. The predicted octanol–water partition coefficient (Wildman–Crippen LogP) is 2.73. The molecule has 0 fully saturated rings. The molecular weight excluding hydrogens is 360 g/mol. The summed E-state index contributed by atoms with van der Waals surface area (Å²) in [5.74, 6) is 0.00222. The molecule has 1 aliphatic heterocycles. The average molecular weight is 387 g/mol. The van der Waals surface area contributed by atoms with Crippen LogP contribution in [-0.2, 0) is 34.3 Å². The number of benzene rings is 2. The summed E-state index contributed by atoms with van der Waals surface area (Å²) in [6.07, 6.45) is 2.24. The van der Waals surface area contributed by atoms with Crippen LogP contribution >= 0.6 is 0 Å². The number of carbonyl (C=O) groups is 1. The van der Waals surface area contributed by atoms with Crippen LogP contribution in [0.3, 0.4) is 0 Å². The number of nitrogens with zero attached hydrogens (tertiary/aromatic N) is 2. The SMILES string of the molecule is Cc1cccc(CN(CCC(=O)N2CCc3ccccc3C2)S(C)(=O)=O)c1. The second kappa shape index (κ2) is 8.23. The highest BCUT2D eigenvalue weighted by Crippen LogP contribution is 2.19. The minimum absolute atomic E-state index is 0.00222. The lowest BCUT2D eigenvalue weighted by Crippen LogP contribution is -2.39. The van der Waals surface area contributed by atoms with E-state index in [1.165, 1.54) is 21.7 Å². The van der Waals surface area contributed by atoms with Crippen LogP contribution in [0.5, 0.6) is 0 Å². The topological polar surface area (TPSA) is 57.7 Å². The van der Waals surface area contributed by atoms with Gasteiger partial charge < -0.3 is 4.90 Å². The highest BCUT2D eigenvalue weighted by atomic mass is 32.2. The van der Waals surface area contributed by atoms with Crippen LogP contribution in [0.1, 0.15) is 28.7 Å². The van der Waals surface area contributed by atoms with E-state index >= 15 is 0 Å². The monoisotopic (exact) mass is 386 g/mol. The van der Waals surface area contributed by atoms with Gasteiger partial charge in [-0.1, -0.05) is 54.1 Å². The molecule has 27 heavy (non-hydrogen) atoms. The fourth-order valence-electron chi connectivity index (χ4n) is 3.46. The first-order valence-corrected chi connectivity index (χ1v) is 11.0. The number of hydrogen-bond acceptors (Lipinski definition) is 3.